The van der Waals surface area contributed by atoms with Gasteiger partial charge in [-0.1, -0.05) is 19.8 Å². The molecule has 0 spiro atoms. The Morgan fingerprint density at radius 2 is 1.94 bits per heavy atom. The lowest BCUT2D eigenvalue weighted by Crippen LogP contribution is -2.54. The Bertz CT molecular complexity index is 323. The van der Waals surface area contributed by atoms with Gasteiger partial charge in [-0.15, -0.1) is 0 Å². The van der Waals surface area contributed by atoms with Gasteiger partial charge in [0.05, 0.1) is 0 Å². The molecule has 2 aliphatic heterocycles. The first-order chi connectivity index (χ1) is 7.77. The van der Waals surface area contributed by atoms with Crippen molar-refractivity contribution >= 4 is 5.78 Å². The molecule has 2 heteroatoms. The fraction of sp³-hybridized carbons (Fsp3) is 0.786. The van der Waals surface area contributed by atoms with E-state index in [-0.39, 0.29) is 5.92 Å². The van der Waals surface area contributed by atoms with Crippen LogP contribution in [-0.4, -0.2) is 22.8 Å². The minimum Gasteiger partial charge on any atom is -0.370 e. The van der Waals surface area contributed by atoms with Crippen molar-refractivity contribution in [1.29, 1.82) is 0 Å². The van der Waals surface area contributed by atoms with Gasteiger partial charge in [0.2, 0.25) is 0 Å². The number of ketones is 1. The third-order valence-electron chi connectivity index (χ3n) is 4.90. The van der Waals surface area contributed by atoms with Gasteiger partial charge in [-0.3, -0.25) is 4.79 Å². The summed E-state index contributed by atoms with van der Waals surface area (Å²) in [6.45, 7) is 2.10. The van der Waals surface area contributed by atoms with E-state index in [2.05, 4.69) is 18.0 Å². The summed E-state index contributed by atoms with van der Waals surface area (Å²) in [5.74, 6) is 1.44. The number of carbonyl (C=O) groups is 1. The Hall–Kier alpha value is -0.790. The van der Waals surface area contributed by atoms with Gasteiger partial charge in [0.1, 0.15) is 0 Å². The SMILES string of the molecule is CC1C(=O)C=CN2C3CCCCC3CCC12. The number of hydrogen-bond acceptors (Lipinski definition) is 2. The topological polar surface area (TPSA) is 20.3 Å². The van der Waals surface area contributed by atoms with Crippen molar-refractivity contribution in [3.8, 4) is 0 Å². The molecule has 1 saturated heterocycles. The van der Waals surface area contributed by atoms with Gasteiger partial charge in [0.15, 0.2) is 5.78 Å². The van der Waals surface area contributed by atoms with E-state index in [1.165, 1.54) is 38.5 Å². The number of allylic oxidation sites excluding steroid dienone is 1. The fourth-order valence-electron chi connectivity index (χ4n) is 3.93. The van der Waals surface area contributed by atoms with Crippen LogP contribution >= 0.6 is 0 Å². The maximum atomic E-state index is 11.7. The molecule has 1 aliphatic carbocycles. The molecule has 0 amide bonds. The van der Waals surface area contributed by atoms with Gasteiger partial charge in [-0.25, -0.2) is 0 Å². The summed E-state index contributed by atoms with van der Waals surface area (Å²) in [4.78, 5) is 14.2. The van der Waals surface area contributed by atoms with Crippen molar-refractivity contribution in [2.45, 2.75) is 57.5 Å². The second-order valence-electron chi connectivity index (χ2n) is 5.71. The molecule has 3 aliphatic rings. The van der Waals surface area contributed by atoms with Crippen LogP contribution in [-0.2, 0) is 4.79 Å². The first kappa shape index (κ1) is 10.4. The van der Waals surface area contributed by atoms with Gasteiger partial charge in [-0.2, -0.15) is 0 Å². The Morgan fingerprint density at radius 1 is 1.12 bits per heavy atom. The van der Waals surface area contributed by atoms with Crippen molar-refractivity contribution in [2.75, 3.05) is 0 Å². The molecule has 2 heterocycles. The molecular formula is C14H21NO. The first-order valence-electron chi connectivity index (χ1n) is 6.77. The molecule has 3 rings (SSSR count). The van der Waals surface area contributed by atoms with Crippen molar-refractivity contribution in [1.82, 2.24) is 4.90 Å². The van der Waals surface area contributed by atoms with Crippen molar-refractivity contribution < 1.29 is 4.79 Å². The highest BCUT2D eigenvalue weighted by molar-refractivity contribution is 5.92. The molecule has 88 valence electrons. The van der Waals surface area contributed by atoms with Gasteiger partial charge in [-0.05, 0) is 37.7 Å². The van der Waals surface area contributed by atoms with Crippen LogP contribution in [0.15, 0.2) is 12.3 Å². The summed E-state index contributed by atoms with van der Waals surface area (Å²) >= 11 is 0. The zero-order chi connectivity index (χ0) is 11.1. The standard InChI is InChI=1S/C14H21NO/c1-10-12-7-6-11-4-2-3-5-13(11)15(12)9-8-14(10)16/h8-13H,2-7H2,1H3. The highest BCUT2D eigenvalue weighted by Crippen LogP contribution is 2.41. The highest BCUT2D eigenvalue weighted by atomic mass is 16.1. The molecule has 0 aromatic carbocycles. The molecule has 4 unspecified atom stereocenters. The zero-order valence-electron chi connectivity index (χ0n) is 10.1. The number of carbonyl (C=O) groups excluding carboxylic acids is 1. The van der Waals surface area contributed by atoms with E-state index < -0.39 is 0 Å². The van der Waals surface area contributed by atoms with Crippen LogP contribution in [0.2, 0.25) is 0 Å². The third kappa shape index (κ3) is 1.50. The second kappa shape index (κ2) is 3.90. The predicted molar refractivity (Wildman–Crippen MR) is 63.9 cm³/mol. The quantitative estimate of drug-likeness (QED) is 0.624. The fourth-order valence-corrected chi connectivity index (χ4v) is 3.93. The summed E-state index contributed by atoms with van der Waals surface area (Å²) in [6.07, 6.45) is 12.0. The normalized spacial score (nSPS) is 42.8. The molecule has 2 fully saturated rings. The maximum absolute atomic E-state index is 11.7. The van der Waals surface area contributed by atoms with Crippen molar-refractivity contribution in [2.24, 2.45) is 11.8 Å². The summed E-state index contributed by atoms with van der Waals surface area (Å²) in [5.41, 5.74) is 0. The summed E-state index contributed by atoms with van der Waals surface area (Å²) in [5, 5.41) is 0. The smallest absolute Gasteiger partial charge is 0.161 e. The van der Waals surface area contributed by atoms with E-state index in [1.807, 2.05) is 0 Å². The lowest BCUT2D eigenvalue weighted by atomic mass is 9.73. The number of fused-ring (bicyclic) bond motifs is 3. The third-order valence-corrected chi connectivity index (χ3v) is 4.90. The van der Waals surface area contributed by atoms with Gasteiger partial charge in [0, 0.05) is 24.2 Å². The minimum absolute atomic E-state index is 0.216. The monoisotopic (exact) mass is 219 g/mol. The number of nitrogens with zero attached hydrogens (tertiary/aromatic N) is 1. The number of hydrogen-bond donors (Lipinski definition) is 0. The van der Waals surface area contributed by atoms with Gasteiger partial charge < -0.3 is 4.90 Å². The van der Waals surface area contributed by atoms with Gasteiger partial charge >= 0.3 is 0 Å². The molecule has 4 atom stereocenters. The van der Waals surface area contributed by atoms with Crippen LogP contribution < -0.4 is 0 Å². The molecule has 0 radical (unpaired) electrons. The maximum Gasteiger partial charge on any atom is 0.161 e. The lowest BCUT2D eigenvalue weighted by Gasteiger charge is -2.51. The summed E-state index contributed by atoms with van der Waals surface area (Å²) in [6, 6.07) is 1.23. The average Bonchev–Trinajstić information content (AvgIpc) is 2.33. The zero-order valence-corrected chi connectivity index (χ0v) is 10.1. The van der Waals surface area contributed by atoms with Gasteiger partial charge in [0.25, 0.3) is 0 Å². The molecular weight excluding hydrogens is 198 g/mol. The second-order valence-corrected chi connectivity index (χ2v) is 5.71. The number of piperidine rings is 1. The van der Waals surface area contributed by atoms with Crippen LogP contribution in [0.3, 0.4) is 0 Å². The first-order valence-corrected chi connectivity index (χ1v) is 6.77. The molecule has 1 saturated carbocycles. The highest BCUT2D eigenvalue weighted by Gasteiger charge is 2.41. The van der Waals surface area contributed by atoms with Crippen molar-refractivity contribution in [3.63, 3.8) is 0 Å². The molecule has 2 nitrogen and oxygen atoms in total. The molecule has 0 bridgehead atoms. The van der Waals surface area contributed by atoms with Crippen LogP contribution in [0.1, 0.15) is 45.4 Å². The number of rotatable bonds is 0. The molecule has 0 aromatic rings. The van der Waals surface area contributed by atoms with E-state index in [0.29, 0.717) is 11.8 Å². The van der Waals surface area contributed by atoms with Crippen LogP contribution in [0.4, 0.5) is 0 Å². The van der Waals surface area contributed by atoms with E-state index in [0.717, 1.165) is 12.0 Å². The largest absolute Gasteiger partial charge is 0.370 e. The molecule has 16 heavy (non-hydrogen) atoms. The Labute approximate surface area is 97.7 Å². The average molecular weight is 219 g/mol. The Kier molecular flexibility index (Phi) is 2.53. The summed E-state index contributed by atoms with van der Waals surface area (Å²) in [7, 11) is 0. The van der Waals surface area contributed by atoms with E-state index in [1.54, 1.807) is 6.08 Å². The van der Waals surface area contributed by atoms with Crippen LogP contribution in [0.25, 0.3) is 0 Å². The predicted octanol–water partition coefficient (Wildman–Crippen LogP) is 2.74. The Morgan fingerprint density at radius 3 is 2.81 bits per heavy atom. The Balaban J connectivity index is 1.86. The van der Waals surface area contributed by atoms with Crippen LogP contribution in [0, 0.1) is 11.8 Å². The van der Waals surface area contributed by atoms with E-state index in [4.69, 9.17) is 0 Å². The molecule has 0 N–H and O–H groups in total. The molecule has 0 aromatic heterocycles. The van der Waals surface area contributed by atoms with Crippen molar-refractivity contribution in [3.05, 3.63) is 12.3 Å². The van der Waals surface area contributed by atoms with Crippen LogP contribution in [0.5, 0.6) is 0 Å². The van der Waals surface area contributed by atoms with E-state index >= 15 is 0 Å². The minimum atomic E-state index is 0.216. The lowest BCUT2D eigenvalue weighted by molar-refractivity contribution is -0.122. The summed E-state index contributed by atoms with van der Waals surface area (Å²) < 4.78 is 0. The van der Waals surface area contributed by atoms with E-state index in [9.17, 15) is 4.79 Å².